The second-order valence-electron chi connectivity index (χ2n) is 10.4. The summed E-state index contributed by atoms with van der Waals surface area (Å²) >= 11 is 7.78. The van der Waals surface area contributed by atoms with E-state index in [1.54, 1.807) is 4.90 Å². The molecule has 2 amide bonds. The van der Waals surface area contributed by atoms with Gasteiger partial charge in [0.15, 0.2) is 6.10 Å². The minimum Gasteiger partial charge on any atom is -0.487 e. The largest absolute Gasteiger partial charge is 0.487 e. The minimum atomic E-state index is -1.18. The first kappa shape index (κ1) is 32.9. The molecule has 0 bridgehead atoms. The van der Waals surface area contributed by atoms with Gasteiger partial charge in [0.25, 0.3) is 5.91 Å². The van der Waals surface area contributed by atoms with Crippen LogP contribution in [-0.2, 0) is 23.9 Å². The van der Waals surface area contributed by atoms with Gasteiger partial charge < -0.3 is 29.9 Å². The van der Waals surface area contributed by atoms with Gasteiger partial charge in [-0.2, -0.15) is 0 Å². The summed E-state index contributed by atoms with van der Waals surface area (Å²) in [6.45, 7) is 9.55. The molecule has 1 saturated heterocycles. The molecule has 0 spiro atoms. The summed E-state index contributed by atoms with van der Waals surface area (Å²) in [6.07, 6.45) is 0.596. The number of halogens is 1. The van der Waals surface area contributed by atoms with E-state index in [0.717, 1.165) is 22.7 Å². The minimum absolute atomic E-state index is 0.141. The van der Waals surface area contributed by atoms with Gasteiger partial charge in [0.2, 0.25) is 5.91 Å². The number of benzene rings is 2. The number of rotatable bonds is 13. The molecule has 10 nitrogen and oxygen atoms in total. The maximum Gasteiger partial charge on any atom is 0.303 e. The van der Waals surface area contributed by atoms with Crippen molar-refractivity contribution in [2.24, 2.45) is 4.99 Å². The molecule has 4 rings (SSSR count). The number of carbonyl (C=O) groups excluding carboxylic acids is 3. The smallest absolute Gasteiger partial charge is 0.303 e. The Bertz CT molecular complexity index is 1410. The number of hydrogen-bond acceptors (Lipinski definition) is 9. The highest BCUT2D eigenvalue weighted by atomic mass is 35.5. The van der Waals surface area contributed by atoms with E-state index in [1.165, 1.54) is 18.7 Å². The fourth-order valence-electron chi connectivity index (χ4n) is 4.93. The number of amides is 2. The van der Waals surface area contributed by atoms with Crippen LogP contribution in [0.5, 0.6) is 0 Å². The summed E-state index contributed by atoms with van der Waals surface area (Å²) in [6, 6.07) is 15.7. The SMILES string of the molecule is C=N/C(=C\SCCNC(=O)C[C@@H](OC(C)=O)C(=O)N1CCN(c2ccccc2Cl)CC1)COC1=CC(C)Nc2ccccc21. The number of piperazine rings is 1. The van der Waals surface area contributed by atoms with Crippen LogP contribution >= 0.6 is 23.4 Å². The Labute approximate surface area is 267 Å². The van der Waals surface area contributed by atoms with Gasteiger partial charge in [0.1, 0.15) is 12.4 Å². The number of aliphatic imine (C=N–C) groups is 1. The van der Waals surface area contributed by atoms with Gasteiger partial charge in [0.05, 0.1) is 22.8 Å². The van der Waals surface area contributed by atoms with Crippen molar-refractivity contribution < 1.29 is 23.9 Å². The molecule has 2 aromatic rings. The standard InChI is InChI=1S/C32H38ClN5O5S/c1-22-18-29(25-8-4-6-10-27(25)36-22)42-20-24(34-3)21-44-17-12-35-31(40)19-30(43-23(2)39)32(41)38-15-13-37(14-16-38)28-11-7-5-9-26(28)33/h4-11,18,21-22,30,36H,3,12-17,19-20H2,1-2H3,(H,35,40)/b24-21-/t22?,30-/m1/s1. The number of carbonyl (C=O) groups is 3. The number of fused-ring (bicyclic) bond motifs is 1. The zero-order chi connectivity index (χ0) is 31.5. The number of hydrogen-bond donors (Lipinski definition) is 2. The molecule has 234 valence electrons. The van der Waals surface area contributed by atoms with Gasteiger partial charge in [-0.15, -0.1) is 11.8 Å². The van der Waals surface area contributed by atoms with Crippen molar-refractivity contribution in [3.63, 3.8) is 0 Å². The van der Waals surface area contributed by atoms with Crippen molar-refractivity contribution >= 4 is 65.0 Å². The number of nitrogens with zero attached hydrogens (tertiary/aromatic N) is 3. The van der Waals surface area contributed by atoms with Crippen LogP contribution in [0, 0.1) is 0 Å². The molecule has 2 aromatic carbocycles. The third-order valence-electron chi connectivity index (χ3n) is 7.06. The van der Waals surface area contributed by atoms with Crippen LogP contribution in [0.15, 0.2) is 70.7 Å². The third kappa shape index (κ3) is 9.27. The molecule has 2 heterocycles. The Morgan fingerprint density at radius 1 is 1.16 bits per heavy atom. The molecule has 0 aromatic heterocycles. The van der Waals surface area contributed by atoms with E-state index in [-0.39, 0.29) is 30.9 Å². The predicted molar refractivity (Wildman–Crippen MR) is 177 cm³/mol. The van der Waals surface area contributed by atoms with E-state index in [2.05, 4.69) is 34.2 Å². The summed E-state index contributed by atoms with van der Waals surface area (Å²) in [4.78, 5) is 45.4. The molecular formula is C32H38ClN5O5S. The molecule has 0 aliphatic carbocycles. The first-order valence-corrected chi connectivity index (χ1v) is 15.9. The molecule has 2 aliphatic rings. The number of ether oxygens (including phenoxy) is 2. The number of nitrogens with one attached hydrogen (secondary N) is 2. The van der Waals surface area contributed by atoms with Crippen LogP contribution in [-0.4, -0.2) is 86.6 Å². The van der Waals surface area contributed by atoms with Crippen molar-refractivity contribution in [2.45, 2.75) is 32.4 Å². The molecule has 1 fully saturated rings. The van der Waals surface area contributed by atoms with Crippen molar-refractivity contribution in [3.05, 3.63) is 76.3 Å². The van der Waals surface area contributed by atoms with Gasteiger partial charge in [0, 0.05) is 62.7 Å². The molecule has 2 N–H and O–H groups in total. The van der Waals surface area contributed by atoms with Crippen LogP contribution in [0.2, 0.25) is 5.02 Å². The molecular weight excluding hydrogens is 602 g/mol. The Morgan fingerprint density at radius 3 is 2.61 bits per heavy atom. The van der Waals surface area contributed by atoms with Crippen LogP contribution in [0.1, 0.15) is 25.8 Å². The normalized spacial score (nSPS) is 17.0. The maximum atomic E-state index is 13.2. The summed E-state index contributed by atoms with van der Waals surface area (Å²) in [5.74, 6) is -0.0173. The highest BCUT2D eigenvalue weighted by Gasteiger charge is 2.31. The van der Waals surface area contributed by atoms with Crippen LogP contribution < -0.4 is 15.5 Å². The fraction of sp³-hybridized carbons (Fsp3) is 0.375. The van der Waals surface area contributed by atoms with Crippen molar-refractivity contribution in [1.82, 2.24) is 10.2 Å². The average molecular weight is 640 g/mol. The van der Waals surface area contributed by atoms with E-state index in [1.807, 2.05) is 60.0 Å². The fourth-order valence-corrected chi connectivity index (χ4v) is 5.85. The average Bonchev–Trinajstić information content (AvgIpc) is 3.01. The second-order valence-corrected chi connectivity index (χ2v) is 11.7. The zero-order valence-electron chi connectivity index (χ0n) is 25.0. The van der Waals surface area contributed by atoms with Crippen LogP contribution in [0.3, 0.4) is 0 Å². The van der Waals surface area contributed by atoms with Crippen molar-refractivity contribution in [1.29, 1.82) is 0 Å². The molecule has 2 aliphatic heterocycles. The zero-order valence-corrected chi connectivity index (χ0v) is 26.5. The van der Waals surface area contributed by atoms with E-state index in [9.17, 15) is 14.4 Å². The summed E-state index contributed by atoms with van der Waals surface area (Å²) < 4.78 is 11.3. The third-order valence-corrected chi connectivity index (χ3v) is 8.25. The van der Waals surface area contributed by atoms with Gasteiger partial charge in [-0.25, -0.2) is 0 Å². The highest BCUT2D eigenvalue weighted by Crippen LogP contribution is 2.30. The highest BCUT2D eigenvalue weighted by molar-refractivity contribution is 8.02. The summed E-state index contributed by atoms with van der Waals surface area (Å²) in [7, 11) is 0. The number of anilines is 2. The lowest BCUT2D eigenvalue weighted by atomic mass is 10.0. The van der Waals surface area contributed by atoms with Gasteiger partial charge in [-0.3, -0.25) is 19.4 Å². The molecule has 0 radical (unpaired) electrons. The van der Waals surface area contributed by atoms with Crippen LogP contribution in [0.25, 0.3) is 5.76 Å². The van der Waals surface area contributed by atoms with Crippen molar-refractivity contribution in [2.75, 3.05) is 55.3 Å². The Morgan fingerprint density at radius 2 is 1.89 bits per heavy atom. The monoisotopic (exact) mass is 639 g/mol. The summed E-state index contributed by atoms with van der Waals surface area (Å²) in [5, 5.41) is 8.71. The Kier molecular flexibility index (Phi) is 12.1. The van der Waals surface area contributed by atoms with Crippen LogP contribution in [0.4, 0.5) is 11.4 Å². The first-order valence-electron chi connectivity index (χ1n) is 14.4. The lowest BCUT2D eigenvalue weighted by molar-refractivity contribution is -0.160. The molecule has 44 heavy (non-hydrogen) atoms. The quantitative estimate of drug-likeness (QED) is 0.186. The number of esters is 1. The first-order chi connectivity index (χ1) is 21.2. The topological polar surface area (TPSA) is 113 Å². The maximum absolute atomic E-state index is 13.2. The van der Waals surface area contributed by atoms with Crippen molar-refractivity contribution in [3.8, 4) is 0 Å². The molecule has 2 atom stereocenters. The van der Waals surface area contributed by atoms with Gasteiger partial charge >= 0.3 is 5.97 Å². The summed E-state index contributed by atoms with van der Waals surface area (Å²) in [5.41, 5.74) is 3.59. The van der Waals surface area contributed by atoms with Gasteiger partial charge in [-0.1, -0.05) is 35.9 Å². The van der Waals surface area contributed by atoms with E-state index >= 15 is 0 Å². The molecule has 1 unspecified atom stereocenters. The molecule has 0 saturated carbocycles. The Balaban J connectivity index is 1.20. The molecule has 12 heteroatoms. The second kappa shape index (κ2) is 16.2. The van der Waals surface area contributed by atoms with E-state index < -0.39 is 12.1 Å². The lowest BCUT2D eigenvalue weighted by Crippen LogP contribution is -2.52. The van der Waals surface area contributed by atoms with E-state index in [4.69, 9.17) is 21.1 Å². The van der Waals surface area contributed by atoms with Gasteiger partial charge in [-0.05, 0) is 49.4 Å². The lowest BCUT2D eigenvalue weighted by Gasteiger charge is -2.37. The number of thioether (sulfide) groups is 1. The Hall–Kier alpha value is -3.96. The van der Waals surface area contributed by atoms with E-state index in [0.29, 0.717) is 49.2 Å². The predicted octanol–water partition coefficient (Wildman–Crippen LogP) is 4.57. The number of para-hydroxylation sites is 2.